The Balaban J connectivity index is 0.000000245. The van der Waals surface area contributed by atoms with E-state index in [0.717, 1.165) is 0 Å². The van der Waals surface area contributed by atoms with Crippen molar-refractivity contribution in [3.05, 3.63) is 71.8 Å². The zero-order chi connectivity index (χ0) is 10.2. The van der Waals surface area contributed by atoms with E-state index in [0.29, 0.717) is 0 Å². The van der Waals surface area contributed by atoms with Crippen molar-refractivity contribution >= 4 is 0 Å². The first-order valence-corrected chi connectivity index (χ1v) is 4.82. The van der Waals surface area contributed by atoms with Gasteiger partial charge in [-0.1, -0.05) is 71.8 Å². The van der Waals surface area contributed by atoms with E-state index in [1.807, 2.05) is 36.4 Å². The van der Waals surface area contributed by atoms with Gasteiger partial charge in [-0.05, 0) is 13.8 Å². The van der Waals surface area contributed by atoms with Crippen LogP contribution in [0.3, 0.4) is 0 Å². The molecule has 2 aromatic rings. The Morgan fingerprint density at radius 2 is 0.800 bits per heavy atom. The minimum Gasteiger partial charge on any atom is -0.0622 e. The topological polar surface area (TPSA) is 0 Å². The van der Waals surface area contributed by atoms with Gasteiger partial charge in [0, 0.05) is 18.6 Å². The first kappa shape index (κ1) is 14.0. The predicted octanol–water partition coefficient (Wildman–Crippen LogP) is 3.99. The van der Waals surface area contributed by atoms with Gasteiger partial charge < -0.3 is 0 Å². The summed E-state index contributed by atoms with van der Waals surface area (Å²) in [6.45, 7) is 4.17. The minimum atomic E-state index is 0. The smallest absolute Gasteiger partial charge is 0 e. The summed E-state index contributed by atoms with van der Waals surface area (Å²) in [5.41, 5.74) is 2.64. The summed E-state index contributed by atoms with van der Waals surface area (Å²) in [7, 11) is 0. The van der Waals surface area contributed by atoms with E-state index in [1.165, 1.54) is 11.1 Å². The van der Waals surface area contributed by atoms with Crippen molar-refractivity contribution in [2.45, 2.75) is 13.8 Å². The Labute approximate surface area is 104 Å². The second kappa shape index (κ2) is 8.34. The van der Waals surface area contributed by atoms with Crippen LogP contribution in [-0.2, 0) is 18.6 Å². The number of hydrogen-bond donors (Lipinski definition) is 0. The van der Waals surface area contributed by atoms with Gasteiger partial charge in [-0.3, -0.25) is 0 Å². The Morgan fingerprint density at radius 3 is 0.933 bits per heavy atom. The third-order valence-electron chi connectivity index (χ3n) is 1.88. The summed E-state index contributed by atoms with van der Waals surface area (Å²) in [6, 6.07) is 20.5. The molecule has 2 aromatic carbocycles. The molecule has 0 spiro atoms. The Kier molecular flexibility index (Phi) is 7.80. The Bertz CT molecular complexity index is 303. The molecule has 0 heterocycles. The third-order valence-corrected chi connectivity index (χ3v) is 1.88. The molecular weight excluding hydrogens is 219 g/mol. The fraction of sp³-hybridized carbons (Fsp3) is 0.143. The molecule has 0 saturated carbocycles. The molecule has 15 heavy (non-hydrogen) atoms. The molecule has 0 aliphatic carbocycles. The molecule has 0 saturated heterocycles. The fourth-order valence-corrected chi connectivity index (χ4v) is 1.07. The molecule has 0 bridgehead atoms. The van der Waals surface area contributed by atoms with Crippen LogP contribution in [0.15, 0.2) is 60.7 Å². The summed E-state index contributed by atoms with van der Waals surface area (Å²) < 4.78 is 0. The summed E-state index contributed by atoms with van der Waals surface area (Å²) in [5.74, 6) is 0. The van der Waals surface area contributed by atoms with Crippen LogP contribution in [0, 0.1) is 13.8 Å². The molecule has 0 fully saturated rings. The second-order valence-electron chi connectivity index (χ2n) is 3.31. The van der Waals surface area contributed by atoms with Gasteiger partial charge in [-0.2, -0.15) is 0 Å². The van der Waals surface area contributed by atoms with Crippen LogP contribution >= 0.6 is 0 Å². The second-order valence-corrected chi connectivity index (χ2v) is 3.31. The Morgan fingerprint density at radius 1 is 0.533 bits per heavy atom. The van der Waals surface area contributed by atoms with Crippen LogP contribution in [0.5, 0.6) is 0 Å². The first-order chi connectivity index (χ1) is 6.79. The van der Waals surface area contributed by atoms with Crippen molar-refractivity contribution in [3.8, 4) is 0 Å². The van der Waals surface area contributed by atoms with Crippen LogP contribution in [0.25, 0.3) is 0 Å². The van der Waals surface area contributed by atoms with Gasteiger partial charge in [0.15, 0.2) is 0 Å². The molecule has 0 amide bonds. The van der Waals surface area contributed by atoms with Crippen LogP contribution in [-0.4, -0.2) is 0 Å². The minimum absolute atomic E-state index is 0. The summed E-state index contributed by atoms with van der Waals surface area (Å²) in [6.07, 6.45) is 0. The number of aryl methyl sites for hydroxylation is 2. The molecule has 1 heteroatoms. The molecule has 0 N–H and O–H groups in total. The van der Waals surface area contributed by atoms with Crippen LogP contribution in [0.2, 0.25) is 0 Å². The van der Waals surface area contributed by atoms with Crippen molar-refractivity contribution in [2.24, 2.45) is 0 Å². The van der Waals surface area contributed by atoms with Gasteiger partial charge >= 0.3 is 0 Å². The average molecular weight is 235 g/mol. The van der Waals surface area contributed by atoms with E-state index in [2.05, 4.69) is 38.1 Å². The quantitative estimate of drug-likeness (QED) is 0.647. The van der Waals surface area contributed by atoms with E-state index < -0.39 is 0 Å². The molecular formula is C14H16V. The summed E-state index contributed by atoms with van der Waals surface area (Å²) in [5, 5.41) is 0. The van der Waals surface area contributed by atoms with Crippen molar-refractivity contribution < 1.29 is 18.6 Å². The maximum Gasteiger partial charge on any atom is 0 e. The van der Waals surface area contributed by atoms with Crippen LogP contribution < -0.4 is 0 Å². The largest absolute Gasteiger partial charge is 0.0622 e. The third kappa shape index (κ3) is 7.01. The van der Waals surface area contributed by atoms with Gasteiger partial charge in [0.25, 0.3) is 0 Å². The fourth-order valence-electron chi connectivity index (χ4n) is 1.07. The number of rotatable bonds is 0. The molecule has 0 nitrogen and oxygen atoms in total. The molecule has 2 rings (SSSR count). The monoisotopic (exact) mass is 235 g/mol. The van der Waals surface area contributed by atoms with E-state index >= 15 is 0 Å². The van der Waals surface area contributed by atoms with Crippen molar-refractivity contribution in [1.29, 1.82) is 0 Å². The van der Waals surface area contributed by atoms with Gasteiger partial charge in [0.1, 0.15) is 0 Å². The SMILES string of the molecule is Cc1ccccc1.Cc1ccccc1.[V]. The van der Waals surface area contributed by atoms with Crippen LogP contribution in [0.4, 0.5) is 0 Å². The van der Waals surface area contributed by atoms with E-state index in [9.17, 15) is 0 Å². The summed E-state index contributed by atoms with van der Waals surface area (Å²) >= 11 is 0. The normalized spacial score (nSPS) is 8.13. The first-order valence-electron chi connectivity index (χ1n) is 4.82. The maximum absolute atomic E-state index is 2.08. The zero-order valence-corrected chi connectivity index (χ0v) is 10.6. The molecule has 0 atom stereocenters. The Hall–Kier alpha value is -0.976. The van der Waals surface area contributed by atoms with Gasteiger partial charge in [0.2, 0.25) is 0 Å². The van der Waals surface area contributed by atoms with Crippen molar-refractivity contribution in [1.82, 2.24) is 0 Å². The molecule has 77 valence electrons. The maximum atomic E-state index is 2.08. The molecule has 0 aliphatic heterocycles. The van der Waals surface area contributed by atoms with Crippen molar-refractivity contribution in [3.63, 3.8) is 0 Å². The van der Waals surface area contributed by atoms with Gasteiger partial charge in [-0.15, -0.1) is 0 Å². The predicted molar refractivity (Wildman–Crippen MR) is 62.4 cm³/mol. The van der Waals surface area contributed by atoms with Crippen molar-refractivity contribution in [2.75, 3.05) is 0 Å². The molecule has 1 radical (unpaired) electrons. The number of benzene rings is 2. The van der Waals surface area contributed by atoms with E-state index in [4.69, 9.17) is 0 Å². The van der Waals surface area contributed by atoms with E-state index in [1.54, 1.807) is 0 Å². The van der Waals surface area contributed by atoms with Crippen LogP contribution in [0.1, 0.15) is 11.1 Å². The van der Waals surface area contributed by atoms with Gasteiger partial charge in [-0.25, -0.2) is 0 Å². The average Bonchev–Trinajstić information content (AvgIpc) is 2.21. The van der Waals surface area contributed by atoms with E-state index in [-0.39, 0.29) is 18.6 Å². The molecule has 0 aliphatic rings. The molecule has 0 unspecified atom stereocenters. The van der Waals surface area contributed by atoms with Gasteiger partial charge in [0.05, 0.1) is 0 Å². The zero-order valence-electron chi connectivity index (χ0n) is 9.22. The number of hydrogen-bond acceptors (Lipinski definition) is 0. The molecule has 0 aromatic heterocycles. The summed E-state index contributed by atoms with van der Waals surface area (Å²) in [4.78, 5) is 0. The standard InChI is InChI=1S/2C7H8.V/c2*1-7-5-3-2-4-6-7;/h2*2-6H,1H3;.